The molecule has 0 radical (unpaired) electrons. The van der Waals surface area contributed by atoms with Crippen LogP contribution in [0.3, 0.4) is 0 Å². The van der Waals surface area contributed by atoms with E-state index in [0.29, 0.717) is 17.8 Å². The highest BCUT2D eigenvalue weighted by Gasteiger charge is 2.63. The van der Waals surface area contributed by atoms with E-state index in [1.54, 1.807) is 13.4 Å². The number of nitrogens with zero attached hydrogens (tertiary/aromatic N) is 15. The molecule has 6 aromatic heterocycles. The Labute approximate surface area is 986 Å². The van der Waals surface area contributed by atoms with Crippen LogP contribution in [0.2, 0.25) is 5.15 Å². The van der Waals surface area contributed by atoms with Crippen LogP contribution < -0.4 is 29.8 Å². The zero-order valence-corrected chi connectivity index (χ0v) is 150. The number of anilines is 5. The fourth-order valence-corrected chi connectivity index (χ4v) is 978. The van der Waals surface area contributed by atoms with Gasteiger partial charge in [-0.1, -0.05) is 42.3 Å². The molecule has 5 aliphatic heterocycles. The Bertz CT molecular complexity index is 5080. The molecule has 11 heterocycles. The molecule has 0 amide bonds. The minimum Gasteiger partial charge on any atom is -0.394 e. The lowest BCUT2D eigenvalue weighted by atomic mass is 9.97. The summed E-state index contributed by atoms with van der Waals surface area (Å²) >= 11 is 5.98. The highest BCUT2D eigenvalue weighted by atomic mass is 35.5. The highest BCUT2D eigenvalue weighted by Crippen LogP contribution is 3.50. The van der Waals surface area contributed by atoms with Crippen LogP contribution in [0.5, 0.6) is 0 Å². The van der Waals surface area contributed by atoms with Crippen molar-refractivity contribution >= 4 is 601 Å². The molecule has 0 saturated carbocycles. The molecule has 13 rings (SSSR count). The number of aliphatic hydroxyl groups excluding tert-OH is 1. The quantitative estimate of drug-likeness (QED) is 0.0272. The third kappa shape index (κ3) is 43.3. The molecule has 19 nitrogen and oxygen atoms in total. The summed E-state index contributed by atoms with van der Waals surface area (Å²) in [4.78, 5) is 39.6. The summed E-state index contributed by atoms with van der Waals surface area (Å²) in [6.07, 6.45) is 12.8. The summed E-state index contributed by atoms with van der Waals surface area (Å²) in [5, 5.41) is 24.4. The summed E-state index contributed by atoms with van der Waals surface area (Å²) in [5.41, 5.74) is 10.7. The van der Waals surface area contributed by atoms with Crippen molar-refractivity contribution in [2.75, 3.05) is 123 Å². The summed E-state index contributed by atoms with van der Waals surface area (Å²) < 4.78 is 14.1. The molecule has 39 atom stereocenters. The van der Waals surface area contributed by atoms with E-state index >= 15 is 0 Å². The van der Waals surface area contributed by atoms with Crippen molar-refractivity contribution in [1.82, 2.24) is 54.4 Å². The lowest BCUT2D eigenvalue weighted by Gasteiger charge is -2.61. The molecule has 818 valence electrons. The fraction of sp³-hybridized carbons (Fsp3) is 0.525. The van der Waals surface area contributed by atoms with Crippen LogP contribution in [0.15, 0.2) is 61.2 Å². The molecule has 5 fully saturated rings. The number of fused-ring (bicyclic) bond motifs is 4. The summed E-state index contributed by atoms with van der Waals surface area (Å²) in [7, 11) is 124. The van der Waals surface area contributed by atoms with Crippen LogP contribution in [-0.4, -0.2) is 153 Å². The van der Waals surface area contributed by atoms with Crippen LogP contribution in [0.4, 0.5) is 29.1 Å². The smallest absolute Gasteiger partial charge is 0.160 e. The zero-order chi connectivity index (χ0) is 107. The van der Waals surface area contributed by atoms with Crippen LogP contribution in [0.25, 0.3) is 33.1 Å². The van der Waals surface area contributed by atoms with Gasteiger partial charge in [-0.2, -0.15) is 19.2 Å². The number of halogens is 1. The number of rotatable bonds is 42. The van der Waals surface area contributed by atoms with Gasteiger partial charge in [0.25, 0.3) is 0 Å². The second kappa shape index (κ2) is 77.1. The number of aromatic nitrogens is 10. The van der Waals surface area contributed by atoms with Gasteiger partial charge in [0.2, 0.25) is 0 Å². The number of morpholine rings is 1. The monoisotopic (exact) mass is 3210 g/mol. The number of hydrogen-bond donors (Lipinski definition) is 2. The number of methoxy groups -OCH3 is 1. The van der Waals surface area contributed by atoms with Crippen LogP contribution in [0, 0.1) is 27.7 Å². The summed E-state index contributed by atoms with van der Waals surface area (Å²) in [6, 6.07) is 17.8. The molecule has 145 heavy (non-hydrogen) atoms. The topological polar surface area (TPSA) is 179 Å². The number of ether oxygens (including phenoxy) is 2. The number of aryl methyl sites for hydroxylation is 4. The second-order valence-corrected chi connectivity index (χ2v) is 305. The third-order valence-corrected chi connectivity index (χ3v) is 482. The molecule has 8 aromatic rings. The molecular weight excluding hydrogens is 3060 g/mol. The van der Waals surface area contributed by atoms with E-state index in [2.05, 4.69) is 422 Å². The fourth-order valence-electron chi connectivity index (χ4n) is 15.2. The van der Waals surface area contributed by atoms with E-state index in [1.807, 2.05) is 30.5 Å². The number of hydrogen-bond acceptors (Lipinski definition) is 17. The van der Waals surface area contributed by atoms with Gasteiger partial charge >= 0.3 is 0 Å². The van der Waals surface area contributed by atoms with E-state index in [-0.39, 0.29) is 236 Å². The maximum Gasteiger partial charge on any atom is 0.160 e. The van der Waals surface area contributed by atoms with Gasteiger partial charge in [0.15, 0.2) is 11.3 Å². The van der Waals surface area contributed by atoms with Gasteiger partial charge in [-0.05, 0) is 339 Å². The first kappa shape index (κ1) is 150. The minimum absolute atomic E-state index is 0.122. The predicted octanol–water partition coefficient (Wildman–Crippen LogP) is 47.8. The molecule has 0 aliphatic carbocycles. The van der Waals surface area contributed by atoms with Crippen molar-refractivity contribution in [3.05, 3.63) is 100.0 Å². The number of nitrogens with one attached hydrogen (secondary N) is 1. The molecule has 2 N–H and O–H groups in total. The molecule has 5 aliphatic rings. The maximum absolute atomic E-state index is 7.94. The molecule has 2 aromatic carbocycles. The Morgan fingerprint density at radius 3 is 1.12 bits per heavy atom. The van der Waals surface area contributed by atoms with Crippen molar-refractivity contribution < 1.29 is 14.6 Å². The van der Waals surface area contributed by atoms with Crippen molar-refractivity contribution in [2.45, 2.75) is 105 Å². The first-order valence-corrected chi connectivity index (χ1v) is 164. The van der Waals surface area contributed by atoms with E-state index in [4.69, 9.17) is 46.6 Å². The highest BCUT2D eigenvalue weighted by molar-refractivity contribution is 9.55. The van der Waals surface area contributed by atoms with Crippen molar-refractivity contribution in [2.24, 2.45) is 0 Å². The maximum atomic E-state index is 7.94. The molecule has 0 spiro atoms. The summed E-state index contributed by atoms with van der Waals surface area (Å²) in [5.74, 6) is 5.46. The lowest BCUT2D eigenvalue weighted by molar-refractivity contribution is 0.122. The molecule has 86 heteroatoms. The van der Waals surface area contributed by atoms with Gasteiger partial charge in [0.1, 0.15) is 46.9 Å². The lowest BCUT2D eigenvalue weighted by Crippen LogP contribution is -2.39. The average Bonchev–Trinajstić information content (AvgIpc) is 1.44. The first-order chi connectivity index (χ1) is 68.5. The van der Waals surface area contributed by atoms with Crippen LogP contribution in [0.1, 0.15) is 111 Å². The Balaban J connectivity index is 0.000000241. The molecular formula is C59H147ClN16O3P66. The van der Waals surface area contributed by atoms with Gasteiger partial charge in [0.05, 0.1) is 60.9 Å². The molecule has 0 bridgehead atoms. The van der Waals surface area contributed by atoms with E-state index < -0.39 is 0 Å². The van der Waals surface area contributed by atoms with Crippen molar-refractivity contribution in [3.63, 3.8) is 0 Å². The normalized spacial score (nSPS) is 17.2. The number of benzene rings is 2. The predicted molar refractivity (Wildman–Crippen MR) is 868 cm³/mol. The van der Waals surface area contributed by atoms with Gasteiger partial charge in [-0.15, -0.1) is 304 Å². The van der Waals surface area contributed by atoms with E-state index in [0.717, 1.165) is 183 Å². The Morgan fingerprint density at radius 1 is 0.393 bits per heavy atom. The summed E-state index contributed by atoms with van der Waals surface area (Å²) in [6.45, 7) is 16.4. The van der Waals surface area contributed by atoms with Gasteiger partial charge < -0.3 is 44.4 Å². The Hall–Kier alpha value is 21.9. The first-order valence-electron chi connectivity index (χ1n) is 43.6. The largest absolute Gasteiger partial charge is 0.394 e. The third-order valence-electron chi connectivity index (χ3n) is 21.8. The second-order valence-electron chi connectivity index (χ2n) is 31.7. The average molecular weight is 3210 g/mol. The van der Waals surface area contributed by atoms with Crippen LogP contribution >= 0.6 is 539 Å². The molecule has 5 saturated heterocycles. The standard InChI is InChI=1S/C28H36N8.C18H26N6O.C10H9ClN2.C3H8O2.H68P66/c1-5-33(6-2)25-17-23(34-13-9-14-34)31-24-16-21(32-36(24)25)22-10-7-8-15-35(22)28-26-19(3)11-12-20(4)27(26)29-18-30-28;1-2-5-19-14(4-1)15-12-17-20-16(22-6-3-7-22)13-18(24(17)21-15)23-8-10-25-11-9-23;1-6-3-4-7(2)9-8(6)10(11)13-5-12-9;1-5-3-2-4;1-35(2)52(36(3)4)60(51(33)34)64(59(49(29)30)50(31)32)66(63(57(45(21)22)46(23)24)58(47(25)26)48(27)28)65(61(53(37(5)6)38(7)8)54(39(9)10)40(11)12)62(55(41(13)14)42(15)16)56(43(17)18)44(19)20/h11-12,16-18,22H,5-10,13-15H2,1-4H3;12-14,19H,1-11H2;3-5H,1-2H3;4H,2-3H2,1H3;1-34H2. The van der Waals surface area contributed by atoms with E-state index in [1.165, 1.54) is 49.6 Å². The molecule has 39 unspecified atom stereocenters. The van der Waals surface area contributed by atoms with Gasteiger partial charge in [-0.25, -0.2) is 29.9 Å². The van der Waals surface area contributed by atoms with E-state index in [9.17, 15) is 0 Å². The van der Waals surface area contributed by atoms with Gasteiger partial charge in [0, 0.05) is 101 Å². The number of piperidine rings is 2. The number of aliphatic hydroxyl groups is 1. The zero-order valence-electron chi connectivity index (χ0n) is 81.3. The Morgan fingerprint density at radius 2 is 0.752 bits per heavy atom. The Kier molecular flexibility index (Phi) is 79.8. The van der Waals surface area contributed by atoms with Crippen LogP contribution in [-0.2, 0) is 9.47 Å². The van der Waals surface area contributed by atoms with Crippen molar-refractivity contribution in [3.8, 4) is 0 Å². The minimum atomic E-state index is -0.331. The van der Waals surface area contributed by atoms with Gasteiger partial charge in [-0.3, -0.25) is 0 Å². The SMILES string of the molecule is CCN(CC)c1cc(N2CCC2)nc2cc(C3CCCCN3c3ncnc4c(C)ccc(C)c34)nn12.COCCO.Cc1ccc(C)c2c(Cl)ncnc12.PP(P)P(P(P)P)P(P(P)P)P(P(P(P)P)P(P)P)P(P(P(P(P)P)P(P)P)P(P(P)P)P(P)P)P(P(P(P(P)P)P(P)P)P(P(P)P)P(P)P)P(P(P(P)P)P(P)P)P(P(P)P)P(P)P.c1c(N2CCC2)nc2cc(C3CCCCN3)nn2c1N1CCOCC1. The van der Waals surface area contributed by atoms with Crippen molar-refractivity contribution in [1.29, 1.82) is 0 Å².